The minimum Gasteiger partial charge on any atom is -0.495 e. The van der Waals surface area contributed by atoms with Crippen LogP contribution in [0.1, 0.15) is 48.9 Å². The van der Waals surface area contributed by atoms with Crippen LogP contribution in [0.15, 0.2) is 30.3 Å². The second-order valence-corrected chi connectivity index (χ2v) is 9.26. The van der Waals surface area contributed by atoms with Crippen molar-refractivity contribution < 1.29 is 9.47 Å². The summed E-state index contributed by atoms with van der Waals surface area (Å²) in [5, 5.41) is 0.650. The monoisotopic (exact) mass is 453 g/mol. The van der Waals surface area contributed by atoms with Crippen LogP contribution in [0.2, 0.25) is 5.02 Å². The number of piperidine rings is 1. The Morgan fingerprint density at radius 1 is 1.09 bits per heavy atom. The number of methoxy groups -OCH3 is 1. The Morgan fingerprint density at radius 2 is 1.91 bits per heavy atom. The normalized spacial score (nSPS) is 22.1. The highest BCUT2D eigenvalue weighted by Gasteiger charge is 2.36. The van der Waals surface area contributed by atoms with E-state index in [2.05, 4.69) is 52.8 Å². The maximum Gasteiger partial charge on any atom is 0.363 e. The average Bonchev–Trinajstić information content (AvgIpc) is 2.81. The predicted molar refractivity (Wildman–Crippen MR) is 130 cm³/mol. The number of anilines is 1. The lowest BCUT2D eigenvalue weighted by atomic mass is 9.86. The van der Waals surface area contributed by atoms with E-state index in [0.29, 0.717) is 17.1 Å². The zero-order chi connectivity index (χ0) is 22.8. The van der Waals surface area contributed by atoms with Gasteiger partial charge in [-0.15, -0.1) is 0 Å². The van der Waals surface area contributed by atoms with Gasteiger partial charge in [0.15, 0.2) is 0 Å². The summed E-state index contributed by atoms with van der Waals surface area (Å²) in [5.41, 5.74) is 5.01. The molecule has 2 aliphatic heterocycles. The van der Waals surface area contributed by atoms with Gasteiger partial charge in [0.25, 0.3) is 0 Å². The van der Waals surface area contributed by atoms with E-state index in [-0.39, 0.29) is 0 Å². The minimum absolute atomic E-state index is 0.432. The summed E-state index contributed by atoms with van der Waals surface area (Å²) < 4.78 is 11.2. The molecule has 2 saturated heterocycles. The Labute approximate surface area is 196 Å². The summed E-state index contributed by atoms with van der Waals surface area (Å²) in [7, 11) is 1.66. The maximum absolute atomic E-state index is 7.17. The lowest BCUT2D eigenvalue weighted by molar-refractivity contribution is 0.0712. The van der Waals surface area contributed by atoms with Crippen LogP contribution in [0, 0.1) is 20.4 Å². The van der Waals surface area contributed by atoms with Crippen LogP contribution in [0.4, 0.5) is 5.69 Å². The molecular formula is C26H32ClN3O2. The molecule has 0 N–H and O–H groups in total. The second kappa shape index (κ2) is 9.60. The topological polar surface area (TPSA) is 29.3 Å². The molecule has 2 fully saturated rings. The highest BCUT2D eigenvalue weighted by Crippen LogP contribution is 2.40. The van der Waals surface area contributed by atoms with Crippen molar-refractivity contribution >= 4 is 17.3 Å². The quantitative estimate of drug-likeness (QED) is 0.517. The number of benzene rings is 2. The highest BCUT2D eigenvalue weighted by molar-refractivity contribution is 6.32. The number of ether oxygens (including phenoxy) is 2. The second-order valence-electron chi connectivity index (χ2n) is 8.85. The third-order valence-corrected chi connectivity index (χ3v) is 7.37. The molecule has 0 aliphatic carbocycles. The van der Waals surface area contributed by atoms with Crippen LogP contribution < -0.4 is 14.4 Å². The molecule has 0 bridgehead atoms. The average molecular weight is 454 g/mol. The highest BCUT2D eigenvalue weighted by atomic mass is 35.5. The summed E-state index contributed by atoms with van der Waals surface area (Å²) >= 11 is 6.23. The van der Waals surface area contributed by atoms with E-state index in [9.17, 15) is 0 Å². The Hall–Kier alpha value is -2.42. The largest absolute Gasteiger partial charge is 0.495 e. The fourth-order valence-corrected chi connectivity index (χ4v) is 5.37. The summed E-state index contributed by atoms with van der Waals surface area (Å²) in [6.07, 6.45) is 3.18. The number of hydrogen-bond acceptors (Lipinski definition) is 4. The third-order valence-electron chi connectivity index (χ3n) is 7.06. The third kappa shape index (κ3) is 4.40. The molecule has 0 amide bonds. The molecule has 0 spiro atoms. The van der Waals surface area contributed by atoms with Crippen molar-refractivity contribution in [1.29, 1.82) is 0 Å². The van der Waals surface area contributed by atoms with Gasteiger partial charge in [0, 0.05) is 43.5 Å². The van der Waals surface area contributed by atoms with Gasteiger partial charge >= 0.3 is 6.23 Å². The number of halogens is 1. The number of piperazine rings is 1. The molecule has 0 aromatic heterocycles. The van der Waals surface area contributed by atoms with Crippen molar-refractivity contribution in [2.45, 2.75) is 58.3 Å². The molecule has 3 atom stereocenters. The molecule has 1 unspecified atom stereocenters. The summed E-state index contributed by atoms with van der Waals surface area (Å²) in [6.45, 7) is 16.3. The first-order valence-corrected chi connectivity index (χ1v) is 11.8. The van der Waals surface area contributed by atoms with Crippen molar-refractivity contribution in [3.63, 3.8) is 0 Å². The van der Waals surface area contributed by atoms with Gasteiger partial charge in [0.1, 0.15) is 11.5 Å². The lowest BCUT2D eigenvalue weighted by Gasteiger charge is -2.49. The molecule has 2 heterocycles. The molecule has 170 valence electrons. The van der Waals surface area contributed by atoms with Gasteiger partial charge in [0.2, 0.25) is 0 Å². The summed E-state index contributed by atoms with van der Waals surface area (Å²) in [5.74, 6) is 1.55. The molecular weight excluding hydrogens is 422 g/mol. The zero-order valence-corrected chi connectivity index (χ0v) is 20.2. The maximum atomic E-state index is 7.17. The smallest absolute Gasteiger partial charge is 0.363 e. The van der Waals surface area contributed by atoms with Crippen molar-refractivity contribution in [2.75, 3.05) is 31.6 Å². The van der Waals surface area contributed by atoms with Gasteiger partial charge in [-0.05, 0) is 68.0 Å². The van der Waals surface area contributed by atoms with Gasteiger partial charge in [-0.25, -0.2) is 6.57 Å². The molecule has 0 radical (unpaired) electrons. The first kappa shape index (κ1) is 22.8. The van der Waals surface area contributed by atoms with Gasteiger partial charge in [0.05, 0.1) is 19.1 Å². The van der Waals surface area contributed by atoms with Crippen LogP contribution in [0.5, 0.6) is 11.5 Å². The minimum atomic E-state index is -0.461. The number of hydrogen-bond donors (Lipinski definition) is 0. The fraction of sp³-hybridized carbons (Fsp3) is 0.500. The first-order chi connectivity index (χ1) is 15.4. The van der Waals surface area contributed by atoms with Crippen molar-refractivity contribution in [2.24, 2.45) is 0 Å². The Bertz CT molecular complexity index is 1020. The lowest BCUT2D eigenvalue weighted by Crippen LogP contribution is -2.56. The van der Waals surface area contributed by atoms with Crippen LogP contribution in [-0.4, -0.2) is 43.9 Å². The summed E-state index contributed by atoms with van der Waals surface area (Å²) in [6, 6.07) is 11.3. The van der Waals surface area contributed by atoms with Gasteiger partial charge in [-0.2, -0.15) is 0 Å². The fourth-order valence-electron chi connectivity index (χ4n) is 5.18. The van der Waals surface area contributed by atoms with Crippen molar-refractivity contribution in [3.05, 3.63) is 63.5 Å². The van der Waals surface area contributed by atoms with Crippen molar-refractivity contribution in [1.82, 2.24) is 4.90 Å². The zero-order valence-electron chi connectivity index (χ0n) is 19.4. The molecule has 2 aromatic rings. The van der Waals surface area contributed by atoms with Crippen LogP contribution in [0.3, 0.4) is 0 Å². The van der Waals surface area contributed by atoms with Gasteiger partial charge in [-0.3, -0.25) is 9.74 Å². The molecule has 0 saturated carbocycles. The summed E-state index contributed by atoms with van der Waals surface area (Å²) in [4.78, 5) is 8.64. The van der Waals surface area contributed by atoms with Crippen LogP contribution in [-0.2, 0) is 0 Å². The SMILES string of the molecule is [C-]#[N+]C(C)Oc1ccc([C@H]2CCC[C@H]3CN(c4ccc(Cl)c(OC)c4)CCN32)c(C)c1C. The molecule has 4 rings (SSSR count). The first-order valence-electron chi connectivity index (χ1n) is 11.4. The van der Waals surface area contributed by atoms with E-state index in [1.54, 1.807) is 14.0 Å². The van der Waals surface area contributed by atoms with Gasteiger partial charge in [-0.1, -0.05) is 17.7 Å². The van der Waals surface area contributed by atoms with Crippen molar-refractivity contribution in [3.8, 4) is 11.5 Å². The Balaban J connectivity index is 1.53. The standard InChI is InChI=1S/C26H32ClN3O2/c1-17-18(2)25(32-19(3)28-4)12-10-22(17)24-8-6-7-21-16-29(13-14-30(21)24)20-9-11-23(27)26(15-20)31-5/h9-12,15,19,21,24H,6-8,13-14,16H2,1-3,5H3/t19?,21-,24+/m0/s1. The molecule has 32 heavy (non-hydrogen) atoms. The van der Waals surface area contributed by atoms with E-state index in [4.69, 9.17) is 27.6 Å². The molecule has 6 heteroatoms. The molecule has 2 aliphatic rings. The number of nitrogens with zero attached hydrogens (tertiary/aromatic N) is 3. The number of rotatable bonds is 5. The van der Waals surface area contributed by atoms with E-state index in [1.807, 2.05) is 6.07 Å². The molecule has 2 aromatic carbocycles. The van der Waals surface area contributed by atoms with Crippen LogP contribution in [0.25, 0.3) is 4.85 Å². The Kier molecular flexibility index (Phi) is 6.83. The van der Waals surface area contributed by atoms with E-state index in [1.165, 1.54) is 36.1 Å². The Morgan fingerprint density at radius 3 is 2.66 bits per heavy atom. The van der Waals surface area contributed by atoms with E-state index < -0.39 is 6.23 Å². The molecule has 5 nitrogen and oxygen atoms in total. The van der Waals surface area contributed by atoms with E-state index in [0.717, 1.165) is 36.7 Å². The van der Waals surface area contributed by atoms with E-state index >= 15 is 0 Å². The van der Waals surface area contributed by atoms with Crippen LogP contribution >= 0.6 is 11.6 Å². The predicted octanol–water partition coefficient (Wildman–Crippen LogP) is 6.03. The number of fused-ring (bicyclic) bond motifs is 1. The van der Waals surface area contributed by atoms with Gasteiger partial charge < -0.3 is 14.4 Å².